The molecule has 1 N–H and O–H groups in total. The van der Waals surface area contributed by atoms with Crippen LogP contribution in [0.1, 0.15) is 47.2 Å². The number of carbonyl (C=O) groups excluding carboxylic acids is 2. The minimum Gasteiger partial charge on any atom is -0.456 e. The molecule has 3 rings (SSSR count). The molecular formula is C19H19NO4S. The van der Waals surface area contributed by atoms with Crippen LogP contribution in [0.3, 0.4) is 0 Å². The Bertz CT molecular complexity index is 913. The molecule has 25 heavy (non-hydrogen) atoms. The van der Waals surface area contributed by atoms with E-state index in [0.29, 0.717) is 16.1 Å². The van der Waals surface area contributed by atoms with Crippen LogP contribution in [0.25, 0.3) is 11.0 Å². The minimum absolute atomic E-state index is 0.197. The van der Waals surface area contributed by atoms with Gasteiger partial charge >= 0.3 is 5.97 Å². The van der Waals surface area contributed by atoms with Crippen LogP contribution in [-0.2, 0) is 4.74 Å². The van der Waals surface area contributed by atoms with Crippen LogP contribution < -0.4 is 5.32 Å². The Morgan fingerprint density at radius 3 is 2.60 bits per heavy atom. The lowest BCUT2D eigenvalue weighted by Gasteiger charge is -2.20. The first-order valence-electron chi connectivity index (χ1n) is 7.86. The van der Waals surface area contributed by atoms with Crippen molar-refractivity contribution in [2.45, 2.75) is 33.3 Å². The van der Waals surface area contributed by atoms with Crippen molar-refractivity contribution in [3.8, 4) is 0 Å². The van der Waals surface area contributed by atoms with Crippen molar-refractivity contribution >= 4 is 39.2 Å². The van der Waals surface area contributed by atoms with E-state index in [9.17, 15) is 9.59 Å². The number of rotatable bonds is 3. The number of nitrogens with one attached hydrogen (secondary N) is 1. The second-order valence-electron chi connectivity index (χ2n) is 6.73. The lowest BCUT2D eigenvalue weighted by atomic mass is 10.1. The first-order valence-corrected chi connectivity index (χ1v) is 8.74. The Morgan fingerprint density at radius 2 is 1.92 bits per heavy atom. The molecule has 5 nitrogen and oxygen atoms in total. The van der Waals surface area contributed by atoms with E-state index in [-0.39, 0.29) is 5.76 Å². The zero-order valence-corrected chi connectivity index (χ0v) is 15.3. The van der Waals surface area contributed by atoms with Crippen molar-refractivity contribution in [1.29, 1.82) is 0 Å². The fourth-order valence-electron chi connectivity index (χ4n) is 2.38. The Labute approximate surface area is 149 Å². The van der Waals surface area contributed by atoms with Gasteiger partial charge in [0.15, 0.2) is 5.76 Å². The summed E-state index contributed by atoms with van der Waals surface area (Å²) in [6.45, 7) is 7.23. The molecule has 6 heteroatoms. The Balaban J connectivity index is 1.85. The van der Waals surface area contributed by atoms with Gasteiger partial charge < -0.3 is 14.5 Å². The zero-order valence-electron chi connectivity index (χ0n) is 14.5. The summed E-state index contributed by atoms with van der Waals surface area (Å²) in [5, 5.41) is 5.88. The third kappa shape index (κ3) is 3.74. The smallest absolute Gasteiger partial charge is 0.341 e. The topological polar surface area (TPSA) is 68.5 Å². The fraction of sp³-hybridized carbons (Fsp3) is 0.263. The number of hydrogen-bond donors (Lipinski definition) is 1. The van der Waals surface area contributed by atoms with Crippen molar-refractivity contribution in [2.24, 2.45) is 0 Å². The Kier molecular flexibility index (Phi) is 4.39. The van der Waals surface area contributed by atoms with E-state index in [4.69, 9.17) is 9.15 Å². The van der Waals surface area contributed by atoms with Crippen LogP contribution in [-0.4, -0.2) is 17.5 Å². The van der Waals surface area contributed by atoms with Crippen molar-refractivity contribution in [1.82, 2.24) is 0 Å². The number of hydrogen-bond acceptors (Lipinski definition) is 5. The average molecular weight is 357 g/mol. The molecule has 0 aliphatic carbocycles. The highest BCUT2D eigenvalue weighted by atomic mass is 32.1. The molecular weight excluding hydrogens is 338 g/mol. The molecule has 0 aliphatic heterocycles. The molecule has 0 radical (unpaired) electrons. The molecule has 0 bridgehead atoms. The van der Waals surface area contributed by atoms with Crippen molar-refractivity contribution in [2.75, 3.05) is 5.32 Å². The molecule has 0 saturated heterocycles. The SMILES string of the molecule is Cc1csc(NC(=O)c2cc3ccccc3o2)c1C(=O)OC(C)(C)C. The van der Waals surface area contributed by atoms with E-state index in [1.807, 2.05) is 30.5 Å². The maximum Gasteiger partial charge on any atom is 0.341 e. The number of para-hydroxylation sites is 1. The average Bonchev–Trinajstić information content (AvgIpc) is 3.09. The van der Waals surface area contributed by atoms with Crippen molar-refractivity contribution < 1.29 is 18.7 Å². The monoisotopic (exact) mass is 357 g/mol. The summed E-state index contributed by atoms with van der Waals surface area (Å²) in [5.74, 6) is -0.656. The van der Waals surface area contributed by atoms with E-state index in [1.54, 1.807) is 32.9 Å². The van der Waals surface area contributed by atoms with Gasteiger partial charge in [-0.15, -0.1) is 11.3 Å². The summed E-state index contributed by atoms with van der Waals surface area (Å²) in [4.78, 5) is 24.9. The quantitative estimate of drug-likeness (QED) is 0.669. The number of fused-ring (bicyclic) bond motifs is 1. The molecule has 0 spiro atoms. The summed E-state index contributed by atoms with van der Waals surface area (Å²) in [6.07, 6.45) is 0. The molecule has 1 amide bonds. The van der Waals surface area contributed by atoms with Gasteiger partial charge in [-0.05, 0) is 50.8 Å². The molecule has 3 aromatic rings. The highest BCUT2D eigenvalue weighted by molar-refractivity contribution is 7.15. The van der Waals surface area contributed by atoms with E-state index in [2.05, 4.69) is 5.32 Å². The number of amides is 1. The van der Waals surface area contributed by atoms with E-state index in [1.165, 1.54) is 11.3 Å². The van der Waals surface area contributed by atoms with Gasteiger partial charge in [-0.2, -0.15) is 0 Å². The Hall–Kier alpha value is -2.60. The maximum absolute atomic E-state index is 12.5. The molecule has 0 aliphatic rings. The van der Waals surface area contributed by atoms with Gasteiger partial charge in [0, 0.05) is 5.39 Å². The van der Waals surface area contributed by atoms with Gasteiger partial charge in [-0.25, -0.2) is 4.79 Å². The lowest BCUT2D eigenvalue weighted by Crippen LogP contribution is -2.25. The van der Waals surface area contributed by atoms with Crippen molar-refractivity contribution in [3.05, 3.63) is 52.6 Å². The molecule has 1 aromatic carbocycles. The van der Waals surface area contributed by atoms with Crippen LogP contribution in [0.4, 0.5) is 5.00 Å². The lowest BCUT2D eigenvalue weighted by molar-refractivity contribution is 0.00705. The highest BCUT2D eigenvalue weighted by Gasteiger charge is 2.25. The summed E-state index contributed by atoms with van der Waals surface area (Å²) in [7, 11) is 0. The third-order valence-electron chi connectivity index (χ3n) is 3.45. The number of aryl methyl sites for hydroxylation is 1. The second kappa shape index (κ2) is 6.37. The number of ether oxygens (including phenoxy) is 1. The van der Waals surface area contributed by atoms with Crippen LogP contribution in [0.2, 0.25) is 0 Å². The number of anilines is 1. The minimum atomic E-state index is -0.606. The van der Waals surface area contributed by atoms with E-state index >= 15 is 0 Å². The second-order valence-corrected chi connectivity index (χ2v) is 7.61. The van der Waals surface area contributed by atoms with Gasteiger partial charge in [0.05, 0.1) is 5.56 Å². The molecule has 0 fully saturated rings. The highest BCUT2D eigenvalue weighted by Crippen LogP contribution is 2.30. The Morgan fingerprint density at radius 1 is 1.20 bits per heavy atom. The molecule has 2 heterocycles. The van der Waals surface area contributed by atoms with Gasteiger partial charge in [0.1, 0.15) is 16.2 Å². The van der Waals surface area contributed by atoms with Gasteiger partial charge in [0.2, 0.25) is 0 Å². The standard InChI is InChI=1S/C19H19NO4S/c1-11-10-25-17(15(11)18(22)24-19(2,3)4)20-16(21)14-9-12-7-5-6-8-13(12)23-14/h5-10H,1-4H3,(H,20,21). The van der Waals surface area contributed by atoms with E-state index < -0.39 is 17.5 Å². The normalized spacial score (nSPS) is 11.5. The summed E-state index contributed by atoms with van der Waals surface area (Å²) >= 11 is 1.29. The summed E-state index contributed by atoms with van der Waals surface area (Å²) in [5.41, 5.74) is 1.18. The number of thiophene rings is 1. The first-order chi connectivity index (χ1) is 11.7. The predicted octanol–water partition coefficient (Wildman–Crippen LogP) is 5.01. The van der Waals surface area contributed by atoms with Crippen LogP contribution in [0, 0.1) is 6.92 Å². The molecule has 0 unspecified atom stereocenters. The zero-order chi connectivity index (χ0) is 18.2. The largest absolute Gasteiger partial charge is 0.456 e. The molecule has 0 atom stereocenters. The van der Waals surface area contributed by atoms with E-state index in [0.717, 1.165) is 10.9 Å². The van der Waals surface area contributed by atoms with Gasteiger partial charge in [0.25, 0.3) is 5.91 Å². The summed E-state index contributed by atoms with van der Waals surface area (Å²) < 4.78 is 11.0. The van der Waals surface area contributed by atoms with Crippen LogP contribution in [0.15, 0.2) is 40.1 Å². The maximum atomic E-state index is 12.5. The van der Waals surface area contributed by atoms with Crippen LogP contribution in [0.5, 0.6) is 0 Å². The van der Waals surface area contributed by atoms with Gasteiger partial charge in [-0.1, -0.05) is 18.2 Å². The third-order valence-corrected chi connectivity index (χ3v) is 4.47. The predicted molar refractivity (Wildman–Crippen MR) is 98.4 cm³/mol. The van der Waals surface area contributed by atoms with Gasteiger partial charge in [-0.3, -0.25) is 4.79 Å². The number of carbonyl (C=O) groups is 2. The molecule has 130 valence electrons. The van der Waals surface area contributed by atoms with Crippen molar-refractivity contribution in [3.63, 3.8) is 0 Å². The number of esters is 1. The first kappa shape index (κ1) is 17.2. The summed E-state index contributed by atoms with van der Waals surface area (Å²) in [6, 6.07) is 9.07. The number of furan rings is 1. The molecule has 0 saturated carbocycles. The fourth-order valence-corrected chi connectivity index (χ4v) is 3.30. The molecule has 2 aromatic heterocycles. The van der Waals surface area contributed by atoms with Crippen LogP contribution >= 0.6 is 11.3 Å². The number of benzene rings is 1.